The van der Waals surface area contributed by atoms with Gasteiger partial charge in [-0.2, -0.15) is 0 Å². The fourth-order valence-corrected chi connectivity index (χ4v) is 7.04. The Morgan fingerprint density at radius 3 is 1.24 bits per heavy atom. The number of quaternary nitrogens is 1. The van der Waals surface area contributed by atoms with Gasteiger partial charge in [0.15, 0.2) is 0 Å². The molecule has 3 N–H and O–H groups in total. The van der Waals surface area contributed by atoms with Crippen LogP contribution in [0.15, 0.2) is 24.3 Å². The van der Waals surface area contributed by atoms with Crippen molar-refractivity contribution in [1.82, 2.24) is 0 Å². The van der Waals surface area contributed by atoms with Crippen LogP contribution in [0.2, 0.25) is 0 Å². The third-order valence-electron chi connectivity index (χ3n) is 10.0. The monoisotopic (exact) mass is 648 g/mol. The van der Waals surface area contributed by atoms with E-state index in [1.165, 1.54) is 199 Å². The molecule has 0 aromatic carbocycles. The number of nitrogens with zero attached hydrogens (tertiary/aromatic N) is 1. The Bertz CT molecular complexity index is 643. The summed E-state index contributed by atoms with van der Waals surface area (Å²) in [5, 5.41) is 9.62. The Morgan fingerprint density at radius 1 is 0.500 bits per heavy atom. The Morgan fingerprint density at radius 2 is 0.848 bits per heavy atom. The summed E-state index contributed by atoms with van der Waals surface area (Å²) in [7, 11) is 4.83. The lowest BCUT2D eigenvalue weighted by Gasteiger charge is -2.34. The van der Waals surface area contributed by atoms with Crippen LogP contribution >= 0.6 is 0 Å². The molecule has 0 bridgehead atoms. The first-order chi connectivity index (χ1) is 22.4. The molecule has 0 aromatic heterocycles. The molecule has 0 amide bonds. The van der Waals surface area contributed by atoms with E-state index >= 15 is 0 Å². The normalized spacial score (nSPS) is 13.8. The predicted molar refractivity (Wildman–Crippen MR) is 209 cm³/mol. The number of allylic oxidation sites excluding steroid dienone is 4. The van der Waals surface area contributed by atoms with Gasteiger partial charge in [0.05, 0.1) is 33.8 Å². The van der Waals surface area contributed by atoms with Crippen molar-refractivity contribution in [3.8, 4) is 0 Å². The SMILES string of the molecule is CCCCCCCC/C=C\CCCCCCCCC(CC(N)CO)C[N+](C)(C)CCCCCCCC/C=C\CCCCCCCC. The van der Waals surface area contributed by atoms with Gasteiger partial charge in [0, 0.05) is 12.0 Å². The predicted octanol–water partition coefficient (Wildman–Crippen LogP) is 12.9. The van der Waals surface area contributed by atoms with Crippen LogP contribution < -0.4 is 5.73 Å². The smallest absolute Gasteiger partial charge is 0.0811 e. The summed E-state index contributed by atoms with van der Waals surface area (Å²) in [6.45, 7) is 7.16. The van der Waals surface area contributed by atoms with Crippen molar-refractivity contribution in [2.24, 2.45) is 11.7 Å². The van der Waals surface area contributed by atoms with Crippen molar-refractivity contribution < 1.29 is 9.59 Å². The van der Waals surface area contributed by atoms with Crippen molar-refractivity contribution >= 4 is 0 Å². The van der Waals surface area contributed by atoms with E-state index in [1.807, 2.05) is 0 Å². The quantitative estimate of drug-likeness (QED) is 0.0400. The molecule has 0 rings (SSSR count). The molecule has 0 aliphatic rings. The Kier molecular flexibility index (Phi) is 35.2. The van der Waals surface area contributed by atoms with E-state index in [-0.39, 0.29) is 12.6 Å². The van der Waals surface area contributed by atoms with E-state index in [0.717, 1.165) is 10.9 Å². The summed E-state index contributed by atoms with van der Waals surface area (Å²) < 4.78 is 1.10. The van der Waals surface area contributed by atoms with E-state index in [0.29, 0.717) is 5.92 Å². The highest BCUT2D eigenvalue weighted by molar-refractivity contribution is 4.82. The first-order valence-electron chi connectivity index (χ1n) is 20.9. The number of aliphatic hydroxyl groups excluding tert-OH is 1. The maximum atomic E-state index is 9.62. The second-order valence-corrected chi connectivity index (χ2v) is 15.6. The van der Waals surface area contributed by atoms with Crippen molar-refractivity contribution in [2.45, 2.75) is 213 Å². The standard InChI is InChI=1S/C43H87N2O/c1-5-7-9-11-13-15-17-19-21-23-25-27-29-31-33-35-37-42(39-43(44)41-46)40-45(3,4)38-36-34-32-30-28-26-24-22-20-18-16-14-12-10-8-6-2/h19-22,42-43,46H,5-18,23-41,44H2,1-4H3/q+1/b21-19-,22-20-. The zero-order valence-electron chi connectivity index (χ0n) is 32.3. The van der Waals surface area contributed by atoms with E-state index in [9.17, 15) is 5.11 Å². The van der Waals surface area contributed by atoms with Crippen LogP contribution in [0.4, 0.5) is 0 Å². The second-order valence-electron chi connectivity index (χ2n) is 15.6. The van der Waals surface area contributed by atoms with E-state index in [2.05, 4.69) is 52.2 Å². The van der Waals surface area contributed by atoms with Gasteiger partial charge < -0.3 is 15.3 Å². The summed E-state index contributed by atoms with van der Waals surface area (Å²) >= 11 is 0. The number of hydrogen-bond donors (Lipinski definition) is 2. The average Bonchev–Trinajstić information content (AvgIpc) is 3.04. The van der Waals surface area contributed by atoms with Crippen LogP contribution in [-0.4, -0.2) is 49.4 Å². The van der Waals surface area contributed by atoms with E-state index in [4.69, 9.17) is 5.73 Å². The van der Waals surface area contributed by atoms with Crippen LogP contribution in [0.1, 0.15) is 206 Å². The van der Waals surface area contributed by atoms with Gasteiger partial charge in [-0.25, -0.2) is 0 Å². The van der Waals surface area contributed by atoms with Crippen LogP contribution in [0.5, 0.6) is 0 Å². The van der Waals surface area contributed by atoms with Gasteiger partial charge in [-0.1, -0.05) is 154 Å². The fraction of sp³-hybridized carbons (Fsp3) is 0.907. The molecule has 0 aliphatic heterocycles. The maximum Gasteiger partial charge on any atom is 0.0811 e. The Hall–Kier alpha value is -0.640. The van der Waals surface area contributed by atoms with Gasteiger partial charge in [-0.05, 0) is 77.0 Å². The molecule has 3 nitrogen and oxygen atoms in total. The van der Waals surface area contributed by atoms with Crippen LogP contribution in [0.3, 0.4) is 0 Å². The highest BCUT2D eigenvalue weighted by Crippen LogP contribution is 2.21. The van der Waals surface area contributed by atoms with Crippen LogP contribution in [0.25, 0.3) is 0 Å². The highest BCUT2D eigenvalue weighted by Gasteiger charge is 2.23. The van der Waals surface area contributed by atoms with Crippen molar-refractivity contribution in [3.05, 3.63) is 24.3 Å². The summed E-state index contributed by atoms with van der Waals surface area (Å²) in [5.74, 6) is 0.628. The fourth-order valence-electron chi connectivity index (χ4n) is 7.04. The maximum absolute atomic E-state index is 9.62. The molecule has 0 saturated heterocycles. The third-order valence-corrected chi connectivity index (χ3v) is 10.0. The minimum Gasteiger partial charge on any atom is -0.395 e. The van der Waals surface area contributed by atoms with Crippen LogP contribution in [0, 0.1) is 5.92 Å². The molecular weight excluding hydrogens is 560 g/mol. The number of hydrogen-bond acceptors (Lipinski definition) is 2. The first-order valence-corrected chi connectivity index (χ1v) is 20.9. The summed E-state index contributed by atoms with van der Waals surface area (Å²) in [6.07, 6.45) is 50.2. The van der Waals surface area contributed by atoms with E-state index in [1.54, 1.807) is 0 Å². The minimum absolute atomic E-state index is 0.0653. The van der Waals surface area contributed by atoms with Gasteiger partial charge in [0.25, 0.3) is 0 Å². The summed E-state index contributed by atoms with van der Waals surface area (Å²) in [4.78, 5) is 0. The molecule has 2 atom stereocenters. The second kappa shape index (κ2) is 35.7. The zero-order valence-corrected chi connectivity index (χ0v) is 32.3. The van der Waals surface area contributed by atoms with Gasteiger partial charge >= 0.3 is 0 Å². The molecular formula is C43H87N2O+. The molecule has 2 unspecified atom stereocenters. The number of rotatable bonds is 37. The van der Waals surface area contributed by atoms with Crippen molar-refractivity contribution in [3.63, 3.8) is 0 Å². The Labute approximate surface area is 291 Å². The first kappa shape index (κ1) is 45.4. The number of aliphatic hydroxyl groups is 1. The molecule has 0 radical (unpaired) electrons. The molecule has 46 heavy (non-hydrogen) atoms. The molecule has 3 heteroatoms. The minimum atomic E-state index is -0.0653. The third kappa shape index (κ3) is 34.7. The lowest BCUT2D eigenvalue weighted by molar-refractivity contribution is -0.894. The number of nitrogens with two attached hydrogens (primary N) is 1. The lowest BCUT2D eigenvalue weighted by Crippen LogP contribution is -2.45. The summed E-state index contributed by atoms with van der Waals surface area (Å²) in [6, 6.07) is -0.0653. The van der Waals surface area contributed by atoms with Gasteiger partial charge in [0.1, 0.15) is 0 Å². The van der Waals surface area contributed by atoms with E-state index < -0.39 is 0 Å². The van der Waals surface area contributed by atoms with Crippen molar-refractivity contribution in [2.75, 3.05) is 33.8 Å². The molecule has 0 aromatic rings. The van der Waals surface area contributed by atoms with Crippen LogP contribution in [-0.2, 0) is 0 Å². The average molecular weight is 648 g/mol. The molecule has 0 aliphatic carbocycles. The molecule has 0 spiro atoms. The molecule has 0 saturated carbocycles. The zero-order chi connectivity index (χ0) is 33.8. The van der Waals surface area contributed by atoms with Gasteiger partial charge in [-0.15, -0.1) is 0 Å². The summed E-state index contributed by atoms with van der Waals surface area (Å²) in [5.41, 5.74) is 6.23. The van der Waals surface area contributed by atoms with Crippen molar-refractivity contribution in [1.29, 1.82) is 0 Å². The molecule has 274 valence electrons. The highest BCUT2D eigenvalue weighted by atomic mass is 16.3. The molecule has 0 heterocycles. The largest absolute Gasteiger partial charge is 0.395 e. The van der Waals surface area contributed by atoms with Gasteiger partial charge in [-0.3, -0.25) is 0 Å². The molecule has 0 fully saturated rings. The Balaban J connectivity index is 3.89. The lowest BCUT2D eigenvalue weighted by atomic mass is 9.92. The van der Waals surface area contributed by atoms with Gasteiger partial charge in [0.2, 0.25) is 0 Å². The number of unbranched alkanes of at least 4 members (excludes halogenated alkanes) is 24. The topological polar surface area (TPSA) is 46.2 Å².